The van der Waals surface area contributed by atoms with Gasteiger partial charge in [-0.1, -0.05) is 48.5 Å². The molecule has 0 aliphatic heterocycles. The van der Waals surface area contributed by atoms with E-state index in [1.54, 1.807) is 0 Å². The van der Waals surface area contributed by atoms with Gasteiger partial charge in [-0.15, -0.1) is 5.73 Å². The van der Waals surface area contributed by atoms with Crippen LogP contribution in [0.15, 0.2) is 65.9 Å². The Morgan fingerprint density at radius 2 is 1.62 bits per heavy atom. The highest BCUT2D eigenvalue weighted by Crippen LogP contribution is 2.54. The molecule has 0 atom stereocenters. The molecule has 0 fully saturated rings. The van der Waals surface area contributed by atoms with E-state index < -0.39 is 18.3 Å². The lowest BCUT2D eigenvalue weighted by Crippen LogP contribution is -2.26. The van der Waals surface area contributed by atoms with Crippen LogP contribution in [0, 0.1) is 0 Å². The van der Waals surface area contributed by atoms with Crippen LogP contribution in [-0.2, 0) is 4.79 Å². The quantitative estimate of drug-likeness (QED) is 0.635. The molecular formula is C19H14O2. The standard InChI is InChI=1S/C19H14O2/c20-18(21)10-9-12-11-17-13-5-1-3-7-15(13)19(12)16-8-4-2-6-14(16)17/h1-8,10,17,19H,11H2,(H,20,21)/i11D2. The normalized spacial score (nSPS) is 25.0. The summed E-state index contributed by atoms with van der Waals surface area (Å²) in [5.41, 5.74) is 7.22. The van der Waals surface area contributed by atoms with Crippen LogP contribution in [-0.4, -0.2) is 11.1 Å². The minimum Gasteiger partial charge on any atom is -0.478 e. The van der Waals surface area contributed by atoms with Crippen molar-refractivity contribution < 1.29 is 12.6 Å². The Morgan fingerprint density at radius 3 is 2.14 bits per heavy atom. The first kappa shape index (κ1) is 10.2. The number of hydrogen-bond acceptors (Lipinski definition) is 1. The SMILES string of the molecule is [2H]C1([2H])C(=C=CC(=O)O)C2c3ccccc3C1c1ccccc12. The zero-order valence-electron chi connectivity index (χ0n) is 13.2. The third kappa shape index (κ3) is 1.77. The number of hydrogen-bond donors (Lipinski definition) is 1. The molecule has 0 unspecified atom stereocenters. The third-order valence-corrected chi connectivity index (χ3v) is 4.18. The second kappa shape index (κ2) is 4.47. The number of carboxylic acids is 1. The molecule has 21 heavy (non-hydrogen) atoms. The highest BCUT2D eigenvalue weighted by Gasteiger charge is 2.39. The van der Waals surface area contributed by atoms with E-state index >= 15 is 0 Å². The number of carbonyl (C=O) groups is 1. The summed E-state index contributed by atoms with van der Waals surface area (Å²) in [6.07, 6.45) is -0.738. The molecule has 2 bridgehead atoms. The Balaban J connectivity index is 2.09. The zero-order valence-corrected chi connectivity index (χ0v) is 11.2. The van der Waals surface area contributed by atoms with Gasteiger partial charge < -0.3 is 5.11 Å². The average Bonchev–Trinajstić information content (AvgIpc) is 2.53. The van der Waals surface area contributed by atoms with Crippen molar-refractivity contribution in [1.82, 2.24) is 0 Å². The van der Waals surface area contributed by atoms with Crippen molar-refractivity contribution in [3.8, 4) is 0 Å². The minimum absolute atomic E-state index is 0.280. The van der Waals surface area contributed by atoms with Gasteiger partial charge in [0.2, 0.25) is 0 Å². The Kier molecular flexibility index (Phi) is 2.17. The van der Waals surface area contributed by atoms with E-state index in [0.717, 1.165) is 28.3 Å². The van der Waals surface area contributed by atoms with Gasteiger partial charge >= 0.3 is 5.97 Å². The molecule has 102 valence electrons. The maximum atomic E-state index is 10.9. The van der Waals surface area contributed by atoms with E-state index in [-0.39, 0.29) is 5.92 Å². The van der Waals surface area contributed by atoms with Crippen molar-refractivity contribution in [3.63, 3.8) is 0 Å². The Bertz CT molecular complexity index is 844. The van der Waals surface area contributed by atoms with Crippen molar-refractivity contribution in [2.24, 2.45) is 0 Å². The first-order chi connectivity index (χ1) is 11.0. The topological polar surface area (TPSA) is 37.3 Å². The van der Waals surface area contributed by atoms with E-state index in [1.165, 1.54) is 0 Å². The van der Waals surface area contributed by atoms with Crippen LogP contribution in [0.3, 0.4) is 0 Å². The van der Waals surface area contributed by atoms with Gasteiger partial charge in [-0.3, -0.25) is 0 Å². The first-order valence-corrected chi connectivity index (χ1v) is 6.89. The van der Waals surface area contributed by atoms with Crippen LogP contribution < -0.4 is 0 Å². The van der Waals surface area contributed by atoms with Crippen LogP contribution in [0.25, 0.3) is 0 Å². The molecule has 0 radical (unpaired) electrons. The number of aliphatic carboxylic acids is 1. The number of fused-ring (bicyclic) bond motifs is 1. The molecule has 0 aromatic heterocycles. The van der Waals surface area contributed by atoms with Gasteiger partial charge in [0.1, 0.15) is 0 Å². The van der Waals surface area contributed by atoms with Gasteiger partial charge in [0.25, 0.3) is 0 Å². The molecule has 0 saturated carbocycles. The van der Waals surface area contributed by atoms with Crippen molar-refractivity contribution >= 4 is 5.97 Å². The summed E-state index contributed by atoms with van der Waals surface area (Å²) >= 11 is 0. The predicted molar refractivity (Wildman–Crippen MR) is 80.4 cm³/mol. The maximum absolute atomic E-state index is 10.9. The molecule has 0 heterocycles. The highest BCUT2D eigenvalue weighted by atomic mass is 16.4. The Morgan fingerprint density at radius 1 is 1.10 bits per heavy atom. The van der Waals surface area contributed by atoms with Crippen LogP contribution in [0.2, 0.25) is 0 Å². The monoisotopic (exact) mass is 276 g/mol. The fraction of sp³-hybridized carbons (Fsp3) is 0.158. The molecule has 2 nitrogen and oxygen atoms in total. The molecular weight excluding hydrogens is 260 g/mol. The van der Waals surface area contributed by atoms with Crippen molar-refractivity contribution in [1.29, 1.82) is 0 Å². The first-order valence-electron chi connectivity index (χ1n) is 7.89. The summed E-state index contributed by atoms with van der Waals surface area (Å²) < 4.78 is 17.3. The maximum Gasteiger partial charge on any atom is 0.336 e. The van der Waals surface area contributed by atoms with Crippen LogP contribution in [0.1, 0.15) is 43.2 Å². The molecule has 3 aliphatic carbocycles. The van der Waals surface area contributed by atoms with E-state index in [0.29, 0.717) is 5.57 Å². The van der Waals surface area contributed by atoms with Gasteiger partial charge in [-0.2, -0.15) is 0 Å². The summed E-state index contributed by atoms with van der Waals surface area (Å²) in [5, 5.41) is 8.92. The van der Waals surface area contributed by atoms with Gasteiger partial charge in [0.05, 0.1) is 6.08 Å². The van der Waals surface area contributed by atoms with E-state index in [4.69, 9.17) is 7.85 Å². The van der Waals surface area contributed by atoms with E-state index in [1.807, 2.05) is 48.5 Å². The predicted octanol–water partition coefficient (Wildman–Crippen LogP) is 3.83. The van der Waals surface area contributed by atoms with Crippen LogP contribution >= 0.6 is 0 Å². The molecule has 2 aromatic carbocycles. The van der Waals surface area contributed by atoms with E-state index in [2.05, 4.69) is 5.73 Å². The fourth-order valence-electron chi connectivity index (χ4n) is 3.38. The third-order valence-electron chi connectivity index (χ3n) is 4.18. The average molecular weight is 276 g/mol. The minimum atomic E-state index is -1.65. The molecule has 3 aliphatic rings. The van der Waals surface area contributed by atoms with Crippen LogP contribution in [0.4, 0.5) is 0 Å². The molecule has 0 saturated heterocycles. The summed E-state index contributed by atoms with van der Waals surface area (Å²) in [4.78, 5) is 10.9. The lowest BCUT2D eigenvalue weighted by atomic mass is 9.62. The number of carboxylic acid groups (broad SMARTS) is 1. The Hall–Kier alpha value is -2.57. The lowest BCUT2D eigenvalue weighted by molar-refractivity contribution is -0.131. The summed E-state index contributed by atoms with van der Waals surface area (Å²) in [6.45, 7) is 0. The molecule has 1 N–H and O–H groups in total. The summed E-state index contributed by atoms with van der Waals surface area (Å²) in [5.74, 6) is -1.82. The second-order valence-corrected chi connectivity index (χ2v) is 5.31. The molecule has 0 spiro atoms. The number of rotatable bonds is 1. The summed E-state index contributed by atoms with van der Waals surface area (Å²) in [6, 6.07) is 15.7. The van der Waals surface area contributed by atoms with Crippen molar-refractivity contribution in [2.75, 3.05) is 0 Å². The molecule has 2 aromatic rings. The lowest BCUT2D eigenvalue weighted by Gasteiger charge is -2.41. The molecule has 0 amide bonds. The zero-order chi connectivity index (χ0) is 16.2. The molecule has 2 heteroatoms. The van der Waals surface area contributed by atoms with Gasteiger partial charge in [0.15, 0.2) is 0 Å². The second-order valence-electron chi connectivity index (χ2n) is 5.31. The molecule has 5 rings (SSSR count). The van der Waals surface area contributed by atoms with Gasteiger partial charge in [-0.05, 0) is 34.2 Å². The Labute approximate surface area is 125 Å². The van der Waals surface area contributed by atoms with E-state index in [9.17, 15) is 4.79 Å². The van der Waals surface area contributed by atoms with Crippen molar-refractivity contribution in [3.05, 3.63) is 88.2 Å². The van der Waals surface area contributed by atoms with Gasteiger partial charge in [-0.25, -0.2) is 4.79 Å². The highest BCUT2D eigenvalue weighted by molar-refractivity contribution is 5.79. The van der Waals surface area contributed by atoms with Crippen LogP contribution in [0.5, 0.6) is 0 Å². The van der Waals surface area contributed by atoms with Crippen molar-refractivity contribution in [2.45, 2.75) is 18.2 Å². The number of benzene rings is 2. The smallest absolute Gasteiger partial charge is 0.336 e. The summed E-state index contributed by atoms with van der Waals surface area (Å²) in [7, 11) is 0. The largest absolute Gasteiger partial charge is 0.478 e. The fourth-order valence-corrected chi connectivity index (χ4v) is 3.38. The van der Waals surface area contributed by atoms with Gasteiger partial charge in [0, 0.05) is 14.6 Å².